The van der Waals surface area contributed by atoms with Gasteiger partial charge in [0.1, 0.15) is 6.61 Å². The number of hydrogen-bond acceptors (Lipinski definition) is 3. The minimum Gasteiger partial charge on any atom is -0.464 e. The summed E-state index contributed by atoms with van der Waals surface area (Å²) in [5, 5.41) is 0. The van der Waals surface area contributed by atoms with E-state index in [1.807, 2.05) is 18.2 Å². The van der Waals surface area contributed by atoms with Gasteiger partial charge in [-0.1, -0.05) is 6.07 Å². The lowest BCUT2D eigenvalue weighted by molar-refractivity contribution is -0.141. The van der Waals surface area contributed by atoms with Gasteiger partial charge in [-0.25, -0.2) is 0 Å². The Morgan fingerprint density at radius 2 is 2.46 bits per heavy atom. The quantitative estimate of drug-likeness (QED) is 0.595. The van der Waals surface area contributed by atoms with Gasteiger partial charge in [0.25, 0.3) is 0 Å². The molecule has 0 radical (unpaired) electrons. The van der Waals surface area contributed by atoms with E-state index in [2.05, 4.69) is 4.98 Å². The third-order valence-corrected chi connectivity index (χ3v) is 3.01. The van der Waals surface area contributed by atoms with Crippen molar-refractivity contribution in [3.8, 4) is 0 Å². The van der Waals surface area contributed by atoms with Crippen LogP contribution in [-0.2, 0) is 14.9 Å². The number of esters is 1. The van der Waals surface area contributed by atoms with Crippen molar-refractivity contribution >= 4 is 5.97 Å². The van der Waals surface area contributed by atoms with Gasteiger partial charge >= 0.3 is 5.97 Å². The summed E-state index contributed by atoms with van der Waals surface area (Å²) in [7, 11) is 0. The van der Waals surface area contributed by atoms with Crippen LogP contribution in [0.4, 0.5) is 0 Å². The Bertz CT molecular complexity index is 362. The van der Waals surface area contributed by atoms with E-state index in [9.17, 15) is 4.79 Å². The van der Waals surface area contributed by atoms with Crippen molar-refractivity contribution < 1.29 is 9.53 Å². The highest BCUT2D eigenvalue weighted by atomic mass is 16.5. The summed E-state index contributed by atoms with van der Waals surface area (Å²) < 4.78 is 4.99. The van der Waals surface area contributed by atoms with Gasteiger partial charge in [-0.3, -0.25) is 9.78 Å². The first-order valence-electron chi connectivity index (χ1n) is 4.41. The minimum atomic E-state index is -0.0572. The Morgan fingerprint density at radius 1 is 1.54 bits per heavy atom. The number of pyridine rings is 1. The third kappa shape index (κ3) is 0.789. The van der Waals surface area contributed by atoms with Crippen molar-refractivity contribution in [2.45, 2.75) is 11.8 Å². The van der Waals surface area contributed by atoms with Crippen molar-refractivity contribution in [2.75, 3.05) is 6.61 Å². The van der Waals surface area contributed by atoms with Crippen LogP contribution in [0.5, 0.6) is 0 Å². The molecule has 2 aliphatic rings. The number of fused-ring (bicyclic) bond motifs is 1. The summed E-state index contributed by atoms with van der Waals surface area (Å²) in [5.41, 5.74) is 0.948. The molecule has 2 fully saturated rings. The van der Waals surface area contributed by atoms with E-state index < -0.39 is 0 Å². The van der Waals surface area contributed by atoms with Gasteiger partial charge in [-0.2, -0.15) is 0 Å². The first-order valence-corrected chi connectivity index (χ1v) is 4.41. The zero-order valence-electron chi connectivity index (χ0n) is 7.06. The summed E-state index contributed by atoms with van der Waals surface area (Å²) >= 11 is 0. The van der Waals surface area contributed by atoms with Gasteiger partial charge in [-0.05, 0) is 18.6 Å². The molecule has 0 amide bonds. The molecule has 13 heavy (non-hydrogen) atoms. The molecule has 1 aliphatic heterocycles. The first kappa shape index (κ1) is 7.06. The molecule has 2 atom stereocenters. The molecule has 0 spiro atoms. The Kier molecular flexibility index (Phi) is 1.14. The van der Waals surface area contributed by atoms with E-state index in [-0.39, 0.29) is 17.3 Å². The molecule has 2 heterocycles. The topological polar surface area (TPSA) is 39.2 Å². The molecule has 66 valence electrons. The summed E-state index contributed by atoms with van der Waals surface area (Å²) in [6.07, 6.45) is 2.69. The zero-order chi connectivity index (χ0) is 8.89. The fourth-order valence-corrected chi connectivity index (χ4v) is 2.09. The van der Waals surface area contributed by atoms with E-state index in [0.29, 0.717) is 6.61 Å². The van der Waals surface area contributed by atoms with Gasteiger partial charge in [-0.15, -0.1) is 0 Å². The molecule has 1 saturated heterocycles. The molecule has 0 bridgehead atoms. The fraction of sp³-hybridized carbons (Fsp3) is 0.400. The van der Waals surface area contributed by atoms with Gasteiger partial charge in [0.05, 0.1) is 17.0 Å². The summed E-state index contributed by atoms with van der Waals surface area (Å²) in [6.45, 7) is 0.521. The van der Waals surface area contributed by atoms with Crippen molar-refractivity contribution in [1.82, 2.24) is 4.98 Å². The van der Waals surface area contributed by atoms with Gasteiger partial charge < -0.3 is 4.74 Å². The van der Waals surface area contributed by atoms with E-state index in [1.165, 1.54) is 0 Å². The third-order valence-electron chi connectivity index (χ3n) is 3.01. The van der Waals surface area contributed by atoms with E-state index >= 15 is 0 Å². The smallest absolute Gasteiger partial charge is 0.310 e. The van der Waals surface area contributed by atoms with Crippen molar-refractivity contribution in [2.24, 2.45) is 5.92 Å². The summed E-state index contributed by atoms with van der Waals surface area (Å²) in [4.78, 5) is 15.4. The van der Waals surface area contributed by atoms with Crippen molar-refractivity contribution in [3.63, 3.8) is 0 Å². The predicted molar refractivity (Wildman–Crippen MR) is 45.0 cm³/mol. The van der Waals surface area contributed by atoms with Crippen LogP contribution in [0.1, 0.15) is 12.1 Å². The number of hydrogen-bond donors (Lipinski definition) is 0. The zero-order valence-corrected chi connectivity index (χ0v) is 7.06. The SMILES string of the molecule is O=C1OC[C@@]2(c3ccccn3)C[C@H]12. The Balaban J connectivity index is 2.01. The average molecular weight is 175 g/mol. The standard InChI is InChI=1S/C10H9NO2/c12-9-7-5-10(7,6-13-9)8-3-1-2-4-11-8/h1-4,7H,5-6H2/t7-,10+/m1/s1. The van der Waals surface area contributed by atoms with Crippen LogP contribution in [0, 0.1) is 5.92 Å². The number of aromatic nitrogens is 1. The average Bonchev–Trinajstić information content (AvgIpc) is 2.85. The highest BCUT2D eigenvalue weighted by Gasteiger charge is 2.66. The van der Waals surface area contributed by atoms with Crippen LogP contribution in [0.15, 0.2) is 24.4 Å². The number of rotatable bonds is 1. The molecule has 3 rings (SSSR count). The molecular weight excluding hydrogens is 166 g/mol. The highest BCUT2D eigenvalue weighted by Crippen LogP contribution is 2.58. The Labute approximate surface area is 75.7 Å². The lowest BCUT2D eigenvalue weighted by atomic mass is 10.0. The van der Waals surface area contributed by atoms with Crippen LogP contribution in [-0.4, -0.2) is 17.6 Å². The lowest BCUT2D eigenvalue weighted by Crippen LogP contribution is -2.12. The normalized spacial score (nSPS) is 35.4. The second kappa shape index (κ2) is 2.10. The second-order valence-corrected chi connectivity index (χ2v) is 3.74. The summed E-state index contributed by atoms with van der Waals surface area (Å²) in [6, 6.07) is 5.81. The molecule has 0 unspecified atom stereocenters. The first-order chi connectivity index (χ1) is 6.33. The lowest BCUT2D eigenvalue weighted by Gasteiger charge is -2.07. The van der Waals surface area contributed by atoms with Crippen LogP contribution < -0.4 is 0 Å². The molecular formula is C10H9NO2. The summed E-state index contributed by atoms with van der Waals surface area (Å²) in [5.74, 6) is 0.0352. The minimum absolute atomic E-state index is 0.0503. The predicted octanol–water partition coefficient (Wildman–Crippen LogP) is 0.896. The van der Waals surface area contributed by atoms with Crippen LogP contribution in [0.25, 0.3) is 0 Å². The van der Waals surface area contributed by atoms with Crippen molar-refractivity contribution in [1.29, 1.82) is 0 Å². The van der Waals surface area contributed by atoms with Crippen LogP contribution in [0.3, 0.4) is 0 Å². The number of ether oxygens (including phenoxy) is 1. The van der Waals surface area contributed by atoms with Crippen LogP contribution in [0.2, 0.25) is 0 Å². The molecule has 1 saturated carbocycles. The largest absolute Gasteiger partial charge is 0.464 e. The molecule has 1 aromatic heterocycles. The number of cyclic esters (lactones) is 1. The second-order valence-electron chi connectivity index (χ2n) is 3.74. The maximum absolute atomic E-state index is 11.1. The van der Waals surface area contributed by atoms with E-state index in [0.717, 1.165) is 12.1 Å². The van der Waals surface area contributed by atoms with Gasteiger partial charge in [0.15, 0.2) is 0 Å². The Hall–Kier alpha value is -1.38. The fourth-order valence-electron chi connectivity index (χ4n) is 2.09. The van der Waals surface area contributed by atoms with Crippen molar-refractivity contribution in [3.05, 3.63) is 30.1 Å². The molecule has 3 heteroatoms. The van der Waals surface area contributed by atoms with Gasteiger partial charge in [0.2, 0.25) is 0 Å². The maximum Gasteiger partial charge on any atom is 0.310 e. The van der Waals surface area contributed by atoms with E-state index in [4.69, 9.17) is 4.74 Å². The maximum atomic E-state index is 11.1. The molecule has 0 N–H and O–H groups in total. The van der Waals surface area contributed by atoms with E-state index in [1.54, 1.807) is 6.20 Å². The molecule has 1 aromatic rings. The molecule has 0 aromatic carbocycles. The molecule has 3 nitrogen and oxygen atoms in total. The number of nitrogens with zero attached hydrogens (tertiary/aromatic N) is 1. The van der Waals surface area contributed by atoms with Crippen LogP contribution >= 0.6 is 0 Å². The highest BCUT2D eigenvalue weighted by molar-refractivity contribution is 5.82. The monoisotopic (exact) mass is 175 g/mol. The van der Waals surface area contributed by atoms with Gasteiger partial charge in [0, 0.05) is 6.20 Å². The molecule has 1 aliphatic carbocycles. The Morgan fingerprint density at radius 3 is 3.00 bits per heavy atom. The number of carbonyl (C=O) groups is 1. The number of carbonyl (C=O) groups excluding carboxylic acids is 1.